The molecule has 2 unspecified atom stereocenters. The van der Waals surface area contributed by atoms with Gasteiger partial charge >= 0.3 is 6.18 Å². The van der Waals surface area contributed by atoms with Crippen molar-refractivity contribution in [2.24, 2.45) is 5.92 Å². The molecule has 4 rings (SSSR count). The van der Waals surface area contributed by atoms with Gasteiger partial charge in [0.25, 0.3) is 5.91 Å². The number of hydrogen-bond donors (Lipinski definition) is 2. The molecule has 3 fully saturated rings. The van der Waals surface area contributed by atoms with Crippen LogP contribution in [-0.4, -0.2) is 53.6 Å². The van der Waals surface area contributed by atoms with Gasteiger partial charge in [-0.05, 0) is 62.6 Å². The zero-order chi connectivity index (χ0) is 22.4. The molecule has 170 valence electrons. The number of carbonyl (C=O) groups excluding carboxylic acids is 2. The largest absolute Gasteiger partial charge is 0.411 e. The van der Waals surface area contributed by atoms with E-state index in [-0.39, 0.29) is 48.0 Å². The van der Waals surface area contributed by atoms with Gasteiger partial charge in [0.05, 0.1) is 6.54 Å². The number of nitrogens with zero attached hydrogens (tertiary/aromatic N) is 1. The molecule has 1 aliphatic carbocycles. The van der Waals surface area contributed by atoms with E-state index in [4.69, 9.17) is 11.6 Å². The fraction of sp³-hybridized carbons (Fsp3) is 0.619. The highest BCUT2D eigenvalue weighted by atomic mass is 35.5. The summed E-state index contributed by atoms with van der Waals surface area (Å²) >= 11 is 5.80. The number of benzene rings is 1. The lowest BCUT2D eigenvalue weighted by molar-refractivity contribution is -0.170. The zero-order valence-electron chi connectivity index (χ0n) is 16.8. The van der Waals surface area contributed by atoms with E-state index in [2.05, 4.69) is 10.6 Å². The quantitative estimate of drug-likeness (QED) is 0.636. The predicted molar refractivity (Wildman–Crippen MR) is 106 cm³/mol. The third-order valence-electron chi connectivity index (χ3n) is 6.66. The molecule has 31 heavy (non-hydrogen) atoms. The van der Waals surface area contributed by atoms with Crippen LogP contribution in [0.15, 0.2) is 18.2 Å². The van der Waals surface area contributed by atoms with Crippen molar-refractivity contribution in [3.8, 4) is 0 Å². The molecule has 2 atom stereocenters. The second-order valence-corrected chi connectivity index (χ2v) is 9.33. The first kappa shape index (κ1) is 22.3. The molecule has 3 aliphatic rings. The van der Waals surface area contributed by atoms with E-state index in [9.17, 15) is 27.2 Å². The lowest BCUT2D eigenvalue weighted by Gasteiger charge is -2.39. The first-order valence-corrected chi connectivity index (χ1v) is 10.8. The molecule has 1 aromatic rings. The molecule has 0 spiro atoms. The van der Waals surface area contributed by atoms with Crippen LogP contribution < -0.4 is 10.6 Å². The van der Waals surface area contributed by atoms with Crippen molar-refractivity contribution in [2.75, 3.05) is 13.1 Å². The molecule has 2 amide bonds. The Labute approximate surface area is 182 Å². The fourth-order valence-corrected chi connectivity index (χ4v) is 5.13. The van der Waals surface area contributed by atoms with Gasteiger partial charge in [-0.15, -0.1) is 0 Å². The van der Waals surface area contributed by atoms with Crippen LogP contribution in [0.2, 0.25) is 5.02 Å². The standard InChI is InChI=1S/C21H24ClF4N3O2/c22-14-7-13(8-15(23)9-14)19(31)27-10-12-5-16-1-2-17(6-12)29(16)11-18(30)28-20(3-4-20)21(24,25)26/h7-9,12,16-17H,1-6,10-11H2,(H,27,31)(H,28,30). The Morgan fingerprint density at radius 2 is 1.77 bits per heavy atom. The maximum Gasteiger partial charge on any atom is 0.411 e. The van der Waals surface area contributed by atoms with Crippen LogP contribution in [0.1, 0.15) is 48.9 Å². The molecule has 1 saturated carbocycles. The van der Waals surface area contributed by atoms with Crippen LogP contribution in [0.5, 0.6) is 0 Å². The van der Waals surface area contributed by atoms with E-state index in [0.29, 0.717) is 6.54 Å². The maximum absolute atomic E-state index is 13.4. The monoisotopic (exact) mass is 461 g/mol. The summed E-state index contributed by atoms with van der Waals surface area (Å²) in [6.07, 6.45) is -1.28. The fourth-order valence-electron chi connectivity index (χ4n) is 4.91. The first-order chi connectivity index (χ1) is 14.6. The Bertz CT molecular complexity index is 840. The first-order valence-electron chi connectivity index (χ1n) is 10.4. The summed E-state index contributed by atoms with van der Waals surface area (Å²) in [7, 11) is 0. The summed E-state index contributed by atoms with van der Waals surface area (Å²) < 4.78 is 52.7. The molecule has 2 bridgehead atoms. The number of halogens is 5. The molecule has 2 saturated heterocycles. The van der Waals surface area contributed by atoms with E-state index >= 15 is 0 Å². The average Bonchev–Trinajstić information content (AvgIpc) is 3.41. The van der Waals surface area contributed by atoms with Gasteiger partial charge in [0, 0.05) is 29.2 Å². The van der Waals surface area contributed by atoms with Gasteiger partial charge in [0.2, 0.25) is 5.91 Å². The Balaban J connectivity index is 1.28. The highest BCUT2D eigenvalue weighted by Crippen LogP contribution is 2.49. The summed E-state index contributed by atoms with van der Waals surface area (Å²) in [6, 6.07) is 3.87. The summed E-state index contributed by atoms with van der Waals surface area (Å²) in [4.78, 5) is 26.6. The number of carbonyl (C=O) groups is 2. The summed E-state index contributed by atoms with van der Waals surface area (Å²) in [6.45, 7) is 0.380. The molecule has 5 nitrogen and oxygen atoms in total. The lowest BCUT2D eigenvalue weighted by Crippen LogP contribution is -2.54. The minimum absolute atomic E-state index is 0.0337. The van der Waals surface area contributed by atoms with Gasteiger partial charge in [-0.2, -0.15) is 13.2 Å². The SMILES string of the molecule is O=C(CN1C2CCC1CC(CNC(=O)c1cc(F)cc(Cl)c1)C2)NC1(C(F)(F)F)CC1. The van der Waals surface area contributed by atoms with Crippen LogP contribution in [0.4, 0.5) is 17.6 Å². The number of alkyl halides is 3. The van der Waals surface area contributed by atoms with Crippen molar-refractivity contribution in [3.63, 3.8) is 0 Å². The minimum atomic E-state index is -4.42. The Morgan fingerprint density at radius 3 is 2.32 bits per heavy atom. The number of amides is 2. The number of piperidine rings is 1. The number of rotatable bonds is 6. The van der Waals surface area contributed by atoms with Crippen molar-refractivity contribution in [3.05, 3.63) is 34.6 Å². The van der Waals surface area contributed by atoms with Crippen LogP contribution in [-0.2, 0) is 4.79 Å². The summed E-state index contributed by atoms with van der Waals surface area (Å²) in [5.74, 6) is -1.38. The van der Waals surface area contributed by atoms with Crippen LogP contribution in [0, 0.1) is 11.7 Å². The van der Waals surface area contributed by atoms with Crippen molar-refractivity contribution >= 4 is 23.4 Å². The van der Waals surface area contributed by atoms with E-state index in [1.54, 1.807) is 0 Å². The van der Waals surface area contributed by atoms with Crippen LogP contribution >= 0.6 is 11.6 Å². The predicted octanol–water partition coefficient (Wildman–Crippen LogP) is 3.66. The molecular formula is C21H24ClF4N3O2. The van der Waals surface area contributed by atoms with Gasteiger partial charge in [-0.3, -0.25) is 14.5 Å². The second-order valence-electron chi connectivity index (χ2n) is 8.89. The topological polar surface area (TPSA) is 61.4 Å². The van der Waals surface area contributed by atoms with Gasteiger partial charge in [-0.1, -0.05) is 11.6 Å². The third-order valence-corrected chi connectivity index (χ3v) is 6.87. The highest BCUT2D eigenvalue weighted by Gasteiger charge is 2.64. The number of fused-ring (bicyclic) bond motifs is 2. The molecule has 2 heterocycles. The van der Waals surface area contributed by atoms with Gasteiger partial charge in [0.1, 0.15) is 11.4 Å². The maximum atomic E-state index is 13.4. The zero-order valence-corrected chi connectivity index (χ0v) is 17.5. The van der Waals surface area contributed by atoms with Gasteiger partial charge in [-0.25, -0.2) is 4.39 Å². The summed E-state index contributed by atoms with van der Waals surface area (Å²) in [5, 5.41) is 5.16. The summed E-state index contributed by atoms with van der Waals surface area (Å²) in [5.41, 5.74) is -1.88. The molecule has 2 N–H and O–H groups in total. The van der Waals surface area contributed by atoms with Crippen LogP contribution in [0.3, 0.4) is 0 Å². The van der Waals surface area contributed by atoms with Crippen molar-refractivity contribution < 1.29 is 27.2 Å². The van der Waals surface area contributed by atoms with Crippen molar-refractivity contribution in [1.29, 1.82) is 0 Å². The number of hydrogen-bond acceptors (Lipinski definition) is 3. The highest BCUT2D eigenvalue weighted by molar-refractivity contribution is 6.31. The Morgan fingerprint density at radius 1 is 1.13 bits per heavy atom. The van der Waals surface area contributed by atoms with E-state index < -0.39 is 29.3 Å². The third kappa shape index (κ3) is 4.82. The van der Waals surface area contributed by atoms with Gasteiger partial charge < -0.3 is 10.6 Å². The average molecular weight is 462 g/mol. The Kier molecular flexibility index (Phi) is 5.93. The Hall–Kier alpha value is -1.87. The number of nitrogens with one attached hydrogen (secondary N) is 2. The molecular weight excluding hydrogens is 438 g/mol. The molecule has 2 aliphatic heterocycles. The molecule has 0 radical (unpaired) electrons. The van der Waals surface area contributed by atoms with Crippen LogP contribution in [0.25, 0.3) is 0 Å². The molecule has 0 aromatic heterocycles. The normalized spacial score (nSPS) is 27.1. The lowest BCUT2D eigenvalue weighted by atomic mass is 9.90. The smallest absolute Gasteiger partial charge is 0.352 e. The minimum Gasteiger partial charge on any atom is -0.352 e. The van der Waals surface area contributed by atoms with E-state index in [1.165, 1.54) is 6.07 Å². The van der Waals surface area contributed by atoms with Crippen molar-refractivity contribution in [2.45, 2.75) is 62.3 Å². The van der Waals surface area contributed by atoms with E-state index in [0.717, 1.165) is 37.8 Å². The van der Waals surface area contributed by atoms with E-state index in [1.807, 2.05) is 4.90 Å². The molecule has 1 aromatic carbocycles. The second kappa shape index (κ2) is 8.24. The van der Waals surface area contributed by atoms with Crippen molar-refractivity contribution in [1.82, 2.24) is 15.5 Å². The molecule has 10 heteroatoms. The van der Waals surface area contributed by atoms with Gasteiger partial charge in [0.15, 0.2) is 0 Å².